The van der Waals surface area contributed by atoms with E-state index in [1.807, 2.05) is 0 Å². The Kier molecular flexibility index (Phi) is 5.06. The van der Waals surface area contributed by atoms with Crippen molar-refractivity contribution in [1.29, 1.82) is 0 Å². The smallest absolute Gasteiger partial charge is 0.254 e. The summed E-state index contributed by atoms with van der Waals surface area (Å²) in [6.07, 6.45) is 2.90. The van der Waals surface area contributed by atoms with Crippen molar-refractivity contribution in [2.45, 2.75) is 18.9 Å². The molecule has 2 amide bonds. The molecule has 0 bridgehead atoms. The van der Waals surface area contributed by atoms with Crippen LogP contribution >= 0.6 is 0 Å². The van der Waals surface area contributed by atoms with Crippen LogP contribution in [0, 0.1) is 0 Å². The van der Waals surface area contributed by atoms with E-state index in [0.717, 1.165) is 6.42 Å². The fraction of sp³-hybridized carbons (Fsp3) is 0.316. The molecule has 1 N–H and O–H groups in total. The highest BCUT2D eigenvalue weighted by Crippen LogP contribution is 2.22. The second kappa shape index (κ2) is 7.43. The SMILES string of the molecule is COc1ccc(NC(=O)C2CCCN2C(=O)c2ccn(C)c(=O)c2)cc1. The third-order valence-corrected chi connectivity index (χ3v) is 4.53. The Balaban J connectivity index is 1.73. The van der Waals surface area contributed by atoms with Crippen LogP contribution in [-0.4, -0.2) is 41.0 Å². The predicted octanol–water partition coefficient (Wildman–Crippen LogP) is 1.64. The Morgan fingerprint density at radius 3 is 2.58 bits per heavy atom. The molecule has 2 aromatic rings. The van der Waals surface area contributed by atoms with Gasteiger partial charge in [0.05, 0.1) is 7.11 Å². The summed E-state index contributed by atoms with van der Waals surface area (Å²) >= 11 is 0. The van der Waals surface area contributed by atoms with E-state index in [1.165, 1.54) is 15.5 Å². The van der Waals surface area contributed by atoms with Gasteiger partial charge in [-0.05, 0) is 43.2 Å². The standard InChI is InChI=1S/C19H21N3O4/c1-21-11-9-13(12-17(21)23)19(25)22-10-3-4-16(22)18(24)20-14-5-7-15(26-2)8-6-14/h5-9,11-12,16H,3-4,10H2,1-2H3,(H,20,24). The van der Waals surface area contributed by atoms with Crippen LogP contribution in [0.15, 0.2) is 47.4 Å². The number of anilines is 1. The van der Waals surface area contributed by atoms with Gasteiger partial charge in [-0.15, -0.1) is 0 Å². The number of nitrogens with zero attached hydrogens (tertiary/aromatic N) is 2. The molecule has 26 heavy (non-hydrogen) atoms. The number of methoxy groups -OCH3 is 1. The molecule has 1 saturated heterocycles. The molecule has 0 radical (unpaired) electrons. The Morgan fingerprint density at radius 1 is 1.19 bits per heavy atom. The van der Waals surface area contributed by atoms with Crippen molar-refractivity contribution in [2.75, 3.05) is 19.0 Å². The molecule has 1 atom stereocenters. The summed E-state index contributed by atoms with van der Waals surface area (Å²) in [6, 6.07) is 9.37. The number of aryl methyl sites for hydroxylation is 1. The van der Waals surface area contributed by atoms with E-state index in [1.54, 1.807) is 50.7 Å². The second-order valence-electron chi connectivity index (χ2n) is 6.24. The number of amides is 2. The number of hydrogen-bond donors (Lipinski definition) is 1. The molecule has 1 aliphatic heterocycles. The summed E-state index contributed by atoms with van der Waals surface area (Å²) in [6.45, 7) is 0.495. The number of ether oxygens (including phenoxy) is 1. The van der Waals surface area contributed by atoms with Crippen molar-refractivity contribution >= 4 is 17.5 Å². The first-order valence-electron chi connectivity index (χ1n) is 8.42. The highest BCUT2D eigenvalue weighted by molar-refractivity contribution is 6.01. The summed E-state index contributed by atoms with van der Waals surface area (Å²) in [5, 5.41) is 2.84. The van der Waals surface area contributed by atoms with Gasteiger partial charge in [-0.3, -0.25) is 14.4 Å². The van der Waals surface area contributed by atoms with E-state index in [0.29, 0.717) is 30.0 Å². The van der Waals surface area contributed by atoms with Gasteiger partial charge in [0.1, 0.15) is 11.8 Å². The Labute approximate surface area is 151 Å². The molecule has 1 aromatic carbocycles. The Bertz CT molecular complexity index is 873. The second-order valence-corrected chi connectivity index (χ2v) is 6.24. The van der Waals surface area contributed by atoms with Crippen LogP contribution < -0.4 is 15.6 Å². The minimum Gasteiger partial charge on any atom is -0.497 e. The predicted molar refractivity (Wildman–Crippen MR) is 97.4 cm³/mol. The van der Waals surface area contributed by atoms with Crippen LogP contribution in [0.4, 0.5) is 5.69 Å². The van der Waals surface area contributed by atoms with E-state index in [9.17, 15) is 14.4 Å². The number of aromatic nitrogens is 1. The molecule has 7 nitrogen and oxygen atoms in total. The average Bonchev–Trinajstić information content (AvgIpc) is 3.14. The van der Waals surface area contributed by atoms with Gasteiger partial charge in [0.25, 0.3) is 11.5 Å². The molecule has 0 aliphatic carbocycles. The third-order valence-electron chi connectivity index (χ3n) is 4.53. The molecule has 1 aliphatic rings. The minimum absolute atomic E-state index is 0.232. The van der Waals surface area contributed by atoms with Crippen molar-refractivity contribution in [3.8, 4) is 5.75 Å². The summed E-state index contributed by atoms with van der Waals surface area (Å²) in [5.41, 5.74) is 0.690. The molecular formula is C19H21N3O4. The van der Waals surface area contributed by atoms with Crippen LogP contribution in [0.25, 0.3) is 0 Å². The van der Waals surface area contributed by atoms with Gasteiger partial charge in [-0.2, -0.15) is 0 Å². The molecule has 0 spiro atoms. The highest BCUT2D eigenvalue weighted by atomic mass is 16.5. The molecule has 7 heteroatoms. The van der Waals surface area contributed by atoms with Gasteiger partial charge in [-0.1, -0.05) is 0 Å². The van der Waals surface area contributed by atoms with E-state index in [4.69, 9.17) is 4.74 Å². The number of carbonyl (C=O) groups is 2. The zero-order valence-corrected chi connectivity index (χ0v) is 14.8. The number of rotatable bonds is 4. The van der Waals surface area contributed by atoms with Gasteiger partial charge in [-0.25, -0.2) is 0 Å². The van der Waals surface area contributed by atoms with Crippen molar-refractivity contribution in [2.24, 2.45) is 7.05 Å². The normalized spacial score (nSPS) is 16.4. The van der Waals surface area contributed by atoms with Crippen molar-refractivity contribution in [3.63, 3.8) is 0 Å². The average molecular weight is 355 g/mol. The summed E-state index contributed by atoms with van der Waals surface area (Å²) in [7, 11) is 3.20. The maximum absolute atomic E-state index is 12.7. The van der Waals surface area contributed by atoms with Crippen LogP contribution in [0.2, 0.25) is 0 Å². The monoisotopic (exact) mass is 355 g/mol. The van der Waals surface area contributed by atoms with Gasteiger partial charge in [0, 0.05) is 37.1 Å². The molecule has 3 rings (SSSR count). The highest BCUT2D eigenvalue weighted by Gasteiger charge is 2.34. The quantitative estimate of drug-likeness (QED) is 0.904. The lowest BCUT2D eigenvalue weighted by Gasteiger charge is -2.24. The van der Waals surface area contributed by atoms with E-state index in [2.05, 4.69) is 5.32 Å². The lowest BCUT2D eigenvalue weighted by molar-refractivity contribution is -0.119. The zero-order chi connectivity index (χ0) is 18.7. The maximum atomic E-state index is 12.7. The number of pyridine rings is 1. The minimum atomic E-state index is -0.548. The first-order valence-corrected chi connectivity index (χ1v) is 8.42. The fourth-order valence-corrected chi connectivity index (χ4v) is 3.03. The molecular weight excluding hydrogens is 334 g/mol. The topological polar surface area (TPSA) is 80.6 Å². The first kappa shape index (κ1) is 17.7. The lowest BCUT2D eigenvalue weighted by atomic mass is 10.1. The summed E-state index contributed by atoms with van der Waals surface area (Å²) in [5.74, 6) is 0.172. The van der Waals surface area contributed by atoms with Crippen molar-refractivity contribution in [3.05, 3.63) is 58.5 Å². The number of hydrogen-bond acceptors (Lipinski definition) is 4. The largest absolute Gasteiger partial charge is 0.497 e. The first-order chi connectivity index (χ1) is 12.5. The van der Waals surface area contributed by atoms with Gasteiger partial charge < -0.3 is 19.5 Å². The summed E-state index contributed by atoms with van der Waals surface area (Å²) < 4.78 is 6.49. The molecule has 136 valence electrons. The van der Waals surface area contributed by atoms with Crippen LogP contribution in [0.3, 0.4) is 0 Å². The number of likely N-dealkylation sites (tertiary alicyclic amines) is 1. The zero-order valence-electron chi connectivity index (χ0n) is 14.8. The maximum Gasteiger partial charge on any atom is 0.254 e. The number of nitrogens with one attached hydrogen (secondary N) is 1. The Hall–Kier alpha value is -3.09. The van der Waals surface area contributed by atoms with Gasteiger partial charge in [0.2, 0.25) is 5.91 Å². The molecule has 1 fully saturated rings. The fourth-order valence-electron chi connectivity index (χ4n) is 3.03. The lowest BCUT2D eigenvalue weighted by Crippen LogP contribution is -2.43. The molecule has 1 aromatic heterocycles. The van der Waals surface area contributed by atoms with E-state index < -0.39 is 6.04 Å². The van der Waals surface area contributed by atoms with E-state index in [-0.39, 0.29) is 17.4 Å². The van der Waals surface area contributed by atoms with Crippen LogP contribution in [0.5, 0.6) is 5.75 Å². The van der Waals surface area contributed by atoms with Gasteiger partial charge >= 0.3 is 0 Å². The number of benzene rings is 1. The molecule has 0 saturated carbocycles. The van der Waals surface area contributed by atoms with Crippen LogP contribution in [-0.2, 0) is 11.8 Å². The number of carbonyl (C=O) groups excluding carboxylic acids is 2. The third kappa shape index (κ3) is 3.61. The van der Waals surface area contributed by atoms with Crippen molar-refractivity contribution < 1.29 is 14.3 Å². The molecule has 1 unspecified atom stereocenters. The van der Waals surface area contributed by atoms with E-state index >= 15 is 0 Å². The summed E-state index contributed by atoms with van der Waals surface area (Å²) in [4.78, 5) is 38.7. The Morgan fingerprint density at radius 2 is 1.92 bits per heavy atom. The van der Waals surface area contributed by atoms with Gasteiger partial charge in [0.15, 0.2) is 0 Å². The molecule has 2 heterocycles. The van der Waals surface area contributed by atoms with Crippen molar-refractivity contribution in [1.82, 2.24) is 9.47 Å². The van der Waals surface area contributed by atoms with Crippen LogP contribution in [0.1, 0.15) is 23.2 Å².